The van der Waals surface area contributed by atoms with Gasteiger partial charge < -0.3 is 24.3 Å². The van der Waals surface area contributed by atoms with E-state index in [4.69, 9.17) is 31.5 Å². The first kappa shape index (κ1) is 58.3. The van der Waals surface area contributed by atoms with Crippen LogP contribution >= 0.6 is 11.6 Å². The molecule has 1 N–H and O–H groups in total. The van der Waals surface area contributed by atoms with Crippen LogP contribution in [-0.2, 0) is 19.8 Å². The fraction of sp³-hybridized carbons (Fsp3) is 0.617. The van der Waals surface area contributed by atoms with E-state index < -0.39 is 32.1 Å². The van der Waals surface area contributed by atoms with E-state index in [1.54, 1.807) is 0 Å². The van der Waals surface area contributed by atoms with Gasteiger partial charge in [-0.25, -0.2) is 0 Å². The zero-order valence-electron chi connectivity index (χ0n) is 42.1. The Bertz CT molecular complexity index is 2010. The normalized spacial score (nSPS) is 13.3. The summed E-state index contributed by atoms with van der Waals surface area (Å²) in [4.78, 5) is 3.01. The number of fused-ring (bicyclic) bond motifs is 2. The summed E-state index contributed by atoms with van der Waals surface area (Å²) >= 11 is 6.10. The number of H-pyrrole nitrogens is 1. The Morgan fingerprint density at radius 2 is 1.25 bits per heavy atom. The summed E-state index contributed by atoms with van der Waals surface area (Å²) < 4.78 is 36.8. The third kappa shape index (κ3) is 17.4. The zero-order valence-corrected chi connectivity index (χ0v) is 45.9. The van der Waals surface area contributed by atoms with Crippen LogP contribution in [0.3, 0.4) is 0 Å². The number of aromatic nitrogens is 2. The molecule has 2 atom stereocenters. The molecule has 4 aromatic rings. The van der Waals surface area contributed by atoms with Crippen molar-refractivity contribution in [3.05, 3.63) is 71.0 Å². The molecule has 0 aliphatic carbocycles. The first-order valence-electron chi connectivity index (χ1n) is 21.0. The van der Waals surface area contributed by atoms with Crippen LogP contribution in [0.1, 0.15) is 108 Å². The minimum atomic E-state index is -1.82. The number of rotatable bonds is 11. The van der Waals surface area contributed by atoms with Crippen LogP contribution in [0.25, 0.3) is 21.8 Å². The summed E-state index contributed by atoms with van der Waals surface area (Å²) in [7, 11) is -6.33. The first-order valence-corrected chi connectivity index (χ1v) is 29.6. The van der Waals surface area contributed by atoms with Crippen LogP contribution in [-0.4, -0.2) is 66.4 Å². The molecule has 0 saturated carbocycles. The largest absolute Gasteiger partial charge is 1.00 e. The van der Waals surface area contributed by atoms with Crippen molar-refractivity contribution in [1.82, 2.24) is 9.55 Å². The van der Waals surface area contributed by atoms with E-state index in [0.29, 0.717) is 23.9 Å². The average Bonchev–Trinajstić information content (AvgIpc) is 3.68. The molecule has 0 fully saturated rings. The van der Waals surface area contributed by atoms with E-state index in [0.717, 1.165) is 34.8 Å². The van der Waals surface area contributed by atoms with Gasteiger partial charge in [0.15, 0.2) is 25.0 Å². The second-order valence-electron chi connectivity index (χ2n) is 19.8. The minimum Gasteiger partial charge on any atom is -1.00 e. The quantitative estimate of drug-likeness (QED) is 0.119. The van der Waals surface area contributed by atoms with E-state index in [1.807, 2.05) is 31.2 Å². The molecule has 60 heavy (non-hydrogen) atoms. The van der Waals surface area contributed by atoms with E-state index in [9.17, 15) is 9.65 Å². The molecule has 0 aliphatic heterocycles. The molecule has 0 saturated heterocycles. The third-order valence-electron chi connectivity index (χ3n) is 12.1. The van der Waals surface area contributed by atoms with Crippen molar-refractivity contribution in [1.29, 1.82) is 10.5 Å². The van der Waals surface area contributed by atoms with Gasteiger partial charge in [0.1, 0.15) is 23.5 Å². The molecular formula is C47H81ClFN4NaO3Si3. The summed E-state index contributed by atoms with van der Waals surface area (Å²) in [5, 5.41) is 21.0. The molecule has 334 valence electrons. The number of benzene rings is 2. The summed E-state index contributed by atoms with van der Waals surface area (Å²) in [6, 6.07) is 20.7. The van der Waals surface area contributed by atoms with Gasteiger partial charge in [0, 0.05) is 34.2 Å². The molecule has 4 rings (SSSR count). The third-order valence-corrected chi connectivity index (χ3v) is 26.0. The monoisotopic (exact) mass is 912 g/mol. The smallest absolute Gasteiger partial charge is 1.00 e. The fourth-order valence-electron chi connectivity index (χ4n) is 5.26. The van der Waals surface area contributed by atoms with Gasteiger partial charge in [-0.1, -0.05) is 99.9 Å². The summed E-state index contributed by atoms with van der Waals surface area (Å²) in [6.07, 6.45) is 1.09. The number of nitriles is 2. The Morgan fingerprint density at radius 3 is 1.68 bits per heavy atom. The molecule has 0 amide bonds. The van der Waals surface area contributed by atoms with Crippen molar-refractivity contribution in [3.8, 4) is 12.1 Å². The van der Waals surface area contributed by atoms with Crippen LogP contribution < -0.4 is 29.6 Å². The summed E-state index contributed by atoms with van der Waals surface area (Å²) in [5.74, 6) is 0.501. The van der Waals surface area contributed by atoms with Crippen molar-refractivity contribution < 1.29 is 50.0 Å². The van der Waals surface area contributed by atoms with Crippen molar-refractivity contribution in [2.24, 2.45) is 0 Å². The second-order valence-corrected chi connectivity index (χ2v) is 34.5. The van der Waals surface area contributed by atoms with Crippen LogP contribution in [0.5, 0.6) is 0 Å². The average molecular weight is 913 g/mol. The van der Waals surface area contributed by atoms with Gasteiger partial charge in [-0.2, -0.15) is 10.5 Å². The van der Waals surface area contributed by atoms with E-state index in [1.165, 1.54) is 11.1 Å². The SMILES string of the molecule is C.CC(C)(C)[Si](C)(C)OC[C@H](CCl)O[Si](C)(C)C(C)(C)C.CC[C@H](Cn1c(C#N)cc2cc(C)ccc21)O[Si](C)(C)C(C)(C)C.Cc1ccc2[nH]c(C#N)cc2c1.[2H]CF.[H-].[Na+]. The van der Waals surface area contributed by atoms with Crippen LogP contribution in [0.2, 0.25) is 54.4 Å². The van der Waals surface area contributed by atoms with Gasteiger partial charge in [-0.3, -0.25) is 4.39 Å². The standard InChI is InChI=1S/C20H30N2OSi.C15H35ClO2Si2.C10H8N2.CH3F.CH4.Na.H/c1-8-18(23-24(6,7)20(3,4)5)14-22-17(13-21)12-16-11-15(2)9-10-19(16)22;1-14(2,3)19(7,8)17-12-13(11-16)18-20(9,10)15(4,5)6;1-7-2-3-10-8(4-7)5-9(6-11)12-10;1-2;;;/h9-12,18H,8,14H2,1-7H3;13H,11-12H2,1-10H3;2-5,12H,1H3;1H3;1H4;;/q;;;;;+1;-1/t18-;13-;;;;;/m10...../s1/i;;;1D;;;. The van der Waals surface area contributed by atoms with Crippen molar-refractivity contribution >= 4 is 58.4 Å². The van der Waals surface area contributed by atoms with Crippen molar-refractivity contribution in [2.75, 3.05) is 19.6 Å². The minimum absolute atomic E-state index is 0. The van der Waals surface area contributed by atoms with Gasteiger partial charge in [0.05, 0.1) is 27.3 Å². The van der Waals surface area contributed by atoms with E-state index in [-0.39, 0.29) is 65.7 Å². The van der Waals surface area contributed by atoms with Crippen LogP contribution in [0.4, 0.5) is 4.39 Å². The molecule has 2 aromatic heterocycles. The first-order chi connectivity index (χ1) is 26.9. The van der Waals surface area contributed by atoms with Gasteiger partial charge in [0.2, 0.25) is 0 Å². The predicted octanol–water partition coefficient (Wildman–Crippen LogP) is 11.9. The Balaban J connectivity index is -0.000000828. The van der Waals surface area contributed by atoms with E-state index >= 15 is 0 Å². The molecule has 0 radical (unpaired) electrons. The summed E-state index contributed by atoms with van der Waals surface area (Å²) in [5.41, 5.74) is 5.91. The number of hydrogen-bond donors (Lipinski definition) is 1. The van der Waals surface area contributed by atoms with Crippen molar-refractivity contribution in [2.45, 2.75) is 170 Å². The number of aryl methyl sites for hydroxylation is 2. The molecule has 0 bridgehead atoms. The van der Waals surface area contributed by atoms with Crippen molar-refractivity contribution in [3.63, 3.8) is 0 Å². The van der Waals surface area contributed by atoms with Gasteiger partial charge >= 0.3 is 29.6 Å². The number of nitrogens with zero attached hydrogens (tertiary/aromatic N) is 3. The zero-order chi connectivity index (χ0) is 45.8. The summed E-state index contributed by atoms with van der Waals surface area (Å²) in [6.45, 7) is 41.6. The molecule has 0 aliphatic rings. The molecule has 13 heteroatoms. The number of hydrogen-bond acceptors (Lipinski definition) is 5. The van der Waals surface area contributed by atoms with Gasteiger partial charge in [0.25, 0.3) is 0 Å². The van der Waals surface area contributed by atoms with Gasteiger partial charge in [-0.15, -0.1) is 11.6 Å². The number of alkyl halides is 2. The number of halogens is 2. The Labute approximate surface area is 398 Å². The molecule has 0 unspecified atom stereocenters. The Hall–Kier alpha value is -1.75. The number of nitrogens with one attached hydrogen (secondary N) is 1. The molecule has 2 heterocycles. The second kappa shape index (κ2) is 24.9. The predicted molar refractivity (Wildman–Crippen MR) is 262 cm³/mol. The molecule has 7 nitrogen and oxygen atoms in total. The molecule has 0 spiro atoms. The van der Waals surface area contributed by atoms with Crippen LogP contribution in [0.15, 0.2) is 48.5 Å². The maximum absolute atomic E-state index is 9.96. The maximum atomic E-state index is 9.96. The Morgan fingerprint density at radius 1 is 0.783 bits per heavy atom. The van der Waals surface area contributed by atoms with Gasteiger partial charge in [-0.05, 0) is 111 Å². The van der Waals surface area contributed by atoms with Crippen LogP contribution in [0, 0.1) is 36.5 Å². The topological polar surface area (TPSA) is 96.0 Å². The fourth-order valence-corrected chi connectivity index (χ4v) is 9.32. The molecule has 2 aromatic carbocycles. The maximum Gasteiger partial charge on any atom is 1.00 e. The van der Waals surface area contributed by atoms with E-state index in [2.05, 4.69) is 161 Å². The molecular weight excluding hydrogens is 830 g/mol. The number of aromatic amines is 1. The Kier molecular flexibility index (Phi) is 24.2.